The van der Waals surface area contributed by atoms with Crippen molar-refractivity contribution < 1.29 is 18.3 Å². The van der Waals surface area contributed by atoms with Gasteiger partial charge in [-0.25, -0.2) is 9.97 Å². The summed E-state index contributed by atoms with van der Waals surface area (Å²) in [5.74, 6) is 0.522. The first-order valence-corrected chi connectivity index (χ1v) is 7.09. The summed E-state index contributed by atoms with van der Waals surface area (Å²) in [7, 11) is 0. The van der Waals surface area contributed by atoms with Crippen LogP contribution in [-0.4, -0.2) is 26.6 Å². The molecule has 0 amide bonds. The van der Waals surface area contributed by atoms with Crippen LogP contribution in [0.15, 0.2) is 49.1 Å². The van der Waals surface area contributed by atoms with Gasteiger partial charge in [0.2, 0.25) is 0 Å². The van der Waals surface area contributed by atoms with E-state index in [-0.39, 0.29) is 6.54 Å². The molecule has 1 unspecified atom stereocenters. The number of pyridine rings is 1. The topological polar surface area (TPSA) is 70.9 Å². The van der Waals surface area contributed by atoms with Gasteiger partial charge in [-0.05, 0) is 23.8 Å². The summed E-state index contributed by atoms with van der Waals surface area (Å²) in [6, 6.07) is 6.16. The Morgan fingerprint density at radius 1 is 1.08 bits per heavy atom. The lowest BCUT2D eigenvalue weighted by atomic mass is 10.1. The fourth-order valence-corrected chi connectivity index (χ4v) is 2.25. The average molecular weight is 334 g/mol. The zero-order valence-corrected chi connectivity index (χ0v) is 12.3. The quantitative estimate of drug-likeness (QED) is 0.767. The highest BCUT2D eigenvalue weighted by Crippen LogP contribution is 2.30. The molecule has 2 N–H and O–H groups in total. The number of benzene rings is 1. The van der Waals surface area contributed by atoms with Crippen LogP contribution in [0.4, 0.5) is 19.0 Å². The molecule has 0 aliphatic rings. The van der Waals surface area contributed by atoms with Gasteiger partial charge in [0.1, 0.15) is 12.1 Å². The summed E-state index contributed by atoms with van der Waals surface area (Å²) in [5.41, 5.74) is 0.287. The van der Waals surface area contributed by atoms with Crippen molar-refractivity contribution >= 4 is 16.7 Å². The second-order valence-corrected chi connectivity index (χ2v) is 5.13. The van der Waals surface area contributed by atoms with E-state index in [0.717, 1.165) is 17.5 Å². The standard InChI is InChI=1S/C16H13F3N4O/c17-16(18,19)11-3-1-10(2-4-11)14(24)8-21-15-12-5-6-20-7-13(12)22-9-23-15/h1-7,9,14,24H,8H2,(H,21,22,23). The molecule has 0 aliphatic heterocycles. The number of nitrogens with zero attached hydrogens (tertiary/aromatic N) is 3. The lowest BCUT2D eigenvalue weighted by Gasteiger charge is -2.14. The minimum absolute atomic E-state index is 0.0970. The van der Waals surface area contributed by atoms with Gasteiger partial charge in [-0.1, -0.05) is 12.1 Å². The monoisotopic (exact) mass is 334 g/mol. The van der Waals surface area contributed by atoms with Crippen LogP contribution >= 0.6 is 0 Å². The molecule has 3 rings (SSSR count). The van der Waals surface area contributed by atoms with Crippen LogP contribution in [0.25, 0.3) is 10.9 Å². The fourth-order valence-electron chi connectivity index (χ4n) is 2.25. The maximum absolute atomic E-state index is 12.5. The average Bonchev–Trinajstić information content (AvgIpc) is 2.59. The van der Waals surface area contributed by atoms with E-state index in [1.807, 2.05) is 0 Å². The van der Waals surface area contributed by atoms with E-state index in [4.69, 9.17) is 0 Å². The highest BCUT2D eigenvalue weighted by atomic mass is 19.4. The molecule has 0 saturated heterocycles. The van der Waals surface area contributed by atoms with Crippen molar-refractivity contribution in [1.82, 2.24) is 15.0 Å². The number of aliphatic hydroxyl groups is 1. The summed E-state index contributed by atoms with van der Waals surface area (Å²) in [6.07, 6.45) is -0.802. The minimum Gasteiger partial charge on any atom is -0.387 e. The molecule has 0 aliphatic carbocycles. The molecular formula is C16H13F3N4O. The largest absolute Gasteiger partial charge is 0.416 e. The number of hydrogen-bond acceptors (Lipinski definition) is 5. The Kier molecular flexibility index (Phi) is 4.30. The van der Waals surface area contributed by atoms with Crippen LogP contribution in [0.5, 0.6) is 0 Å². The van der Waals surface area contributed by atoms with Crippen LogP contribution in [0.1, 0.15) is 17.2 Å². The van der Waals surface area contributed by atoms with Gasteiger partial charge in [0.05, 0.1) is 23.4 Å². The number of hydrogen-bond donors (Lipinski definition) is 2. The van der Waals surface area contributed by atoms with Gasteiger partial charge in [0.25, 0.3) is 0 Å². The van der Waals surface area contributed by atoms with Crippen LogP contribution in [0.3, 0.4) is 0 Å². The van der Waals surface area contributed by atoms with Crippen molar-refractivity contribution in [2.24, 2.45) is 0 Å². The molecule has 2 aromatic heterocycles. The molecular weight excluding hydrogens is 321 g/mol. The van der Waals surface area contributed by atoms with Crippen molar-refractivity contribution in [3.05, 3.63) is 60.2 Å². The minimum atomic E-state index is -4.39. The molecule has 0 fully saturated rings. The summed E-state index contributed by atoms with van der Waals surface area (Å²) in [5, 5.41) is 13.9. The molecule has 124 valence electrons. The van der Waals surface area contributed by atoms with Crippen molar-refractivity contribution in [2.45, 2.75) is 12.3 Å². The van der Waals surface area contributed by atoms with Crippen LogP contribution in [0, 0.1) is 0 Å². The van der Waals surface area contributed by atoms with Gasteiger partial charge in [-0.3, -0.25) is 4.98 Å². The lowest BCUT2D eigenvalue weighted by Crippen LogP contribution is -2.14. The van der Waals surface area contributed by atoms with E-state index in [2.05, 4.69) is 20.3 Å². The third kappa shape index (κ3) is 3.43. The Labute approximate surface area is 135 Å². The molecule has 5 nitrogen and oxygen atoms in total. The molecule has 1 atom stereocenters. The SMILES string of the molecule is OC(CNc1ncnc2cnccc12)c1ccc(C(F)(F)F)cc1. The number of aliphatic hydroxyl groups excluding tert-OH is 1. The van der Waals surface area contributed by atoms with Crippen LogP contribution < -0.4 is 5.32 Å². The van der Waals surface area contributed by atoms with Gasteiger partial charge in [0, 0.05) is 18.1 Å². The summed E-state index contributed by atoms with van der Waals surface area (Å²) in [4.78, 5) is 12.2. The molecule has 0 bridgehead atoms. The second-order valence-electron chi connectivity index (χ2n) is 5.13. The van der Waals surface area contributed by atoms with Crippen molar-refractivity contribution in [1.29, 1.82) is 0 Å². The first-order valence-electron chi connectivity index (χ1n) is 7.09. The van der Waals surface area contributed by atoms with Gasteiger partial charge in [-0.2, -0.15) is 13.2 Å². The van der Waals surface area contributed by atoms with Crippen molar-refractivity contribution in [3.8, 4) is 0 Å². The molecule has 3 aromatic rings. The van der Waals surface area contributed by atoms with Crippen molar-refractivity contribution in [3.63, 3.8) is 0 Å². The van der Waals surface area contributed by atoms with Crippen LogP contribution in [-0.2, 0) is 6.18 Å². The van der Waals surface area contributed by atoms with E-state index >= 15 is 0 Å². The summed E-state index contributed by atoms with van der Waals surface area (Å²) < 4.78 is 37.6. The highest BCUT2D eigenvalue weighted by Gasteiger charge is 2.30. The Bertz CT molecular complexity index is 831. The number of alkyl halides is 3. The fraction of sp³-hybridized carbons (Fsp3) is 0.188. The molecule has 0 radical (unpaired) electrons. The molecule has 0 spiro atoms. The molecule has 8 heteroatoms. The number of rotatable bonds is 4. The first kappa shape index (κ1) is 16.1. The number of nitrogens with one attached hydrogen (secondary N) is 1. The zero-order chi connectivity index (χ0) is 17.2. The number of aromatic nitrogens is 3. The van der Waals surface area contributed by atoms with E-state index in [0.29, 0.717) is 16.9 Å². The Hall–Kier alpha value is -2.74. The molecule has 1 aromatic carbocycles. The van der Waals surface area contributed by atoms with Crippen molar-refractivity contribution in [2.75, 3.05) is 11.9 Å². The third-order valence-corrected chi connectivity index (χ3v) is 3.52. The summed E-state index contributed by atoms with van der Waals surface area (Å²) >= 11 is 0. The van der Waals surface area contributed by atoms with Gasteiger partial charge in [0.15, 0.2) is 0 Å². The highest BCUT2D eigenvalue weighted by molar-refractivity contribution is 5.87. The molecule has 2 heterocycles. The van der Waals surface area contributed by atoms with Gasteiger partial charge < -0.3 is 10.4 Å². The third-order valence-electron chi connectivity index (χ3n) is 3.52. The smallest absolute Gasteiger partial charge is 0.387 e. The lowest BCUT2D eigenvalue weighted by molar-refractivity contribution is -0.137. The van der Waals surface area contributed by atoms with Gasteiger partial charge in [-0.15, -0.1) is 0 Å². The maximum atomic E-state index is 12.5. The Morgan fingerprint density at radius 2 is 1.83 bits per heavy atom. The van der Waals surface area contributed by atoms with E-state index < -0.39 is 17.8 Å². The van der Waals surface area contributed by atoms with E-state index in [1.165, 1.54) is 18.5 Å². The second kappa shape index (κ2) is 6.40. The molecule has 0 saturated carbocycles. The number of fused-ring (bicyclic) bond motifs is 1. The van der Waals surface area contributed by atoms with Gasteiger partial charge >= 0.3 is 6.18 Å². The predicted molar refractivity (Wildman–Crippen MR) is 82.2 cm³/mol. The first-order chi connectivity index (χ1) is 11.4. The summed E-state index contributed by atoms with van der Waals surface area (Å²) in [6.45, 7) is 0.0970. The Balaban J connectivity index is 1.72. The normalized spacial score (nSPS) is 13.0. The maximum Gasteiger partial charge on any atom is 0.416 e. The zero-order valence-electron chi connectivity index (χ0n) is 12.3. The van der Waals surface area contributed by atoms with E-state index in [1.54, 1.807) is 18.5 Å². The van der Waals surface area contributed by atoms with E-state index in [9.17, 15) is 18.3 Å². The predicted octanol–water partition coefficient (Wildman–Crippen LogP) is 3.19. The van der Waals surface area contributed by atoms with Crippen LogP contribution in [0.2, 0.25) is 0 Å². The molecule has 24 heavy (non-hydrogen) atoms. The number of anilines is 1. The number of halogens is 3. The Morgan fingerprint density at radius 3 is 2.54 bits per heavy atom.